The summed E-state index contributed by atoms with van der Waals surface area (Å²) < 4.78 is 0. The maximum absolute atomic E-state index is 4.90. The highest BCUT2D eigenvalue weighted by atomic mass is 32.2. The average Bonchev–Trinajstić information content (AvgIpc) is 2.98. The van der Waals surface area contributed by atoms with Crippen LogP contribution in [0, 0.1) is 0 Å². The van der Waals surface area contributed by atoms with Crippen molar-refractivity contribution >= 4 is 22.6 Å². The smallest absolute Gasteiger partial charge is 0.168 e. The van der Waals surface area contributed by atoms with E-state index in [1.165, 1.54) is 42.1 Å². The van der Waals surface area contributed by atoms with Crippen molar-refractivity contribution in [1.29, 1.82) is 0 Å². The zero-order valence-corrected chi connectivity index (χ0v) is 11.1. The zero-order valence-electron chi connectivity index (χ0n) is 10.2. The van der Waals surface area contributed by atoms with Crippen LogP contribution in [-0.2, 0) is 0 Å². The summed E-state index contributed by atoms with van der Waals surface area (Å²) in [6.07, 6.45) is 5.27. The third kappa shape index (κ3) is 1.53. The van der Waals surface area contributed by atoms with E-state index < -0.39 is 0 Å². The topological polar surface area (TPSA) is 15.6 Å². The number of thioether (sulfide) groups is 1. The van der Waals surface area contributed by atoms with Crippen LogP contribution in [0.2, 0.25) is 0 Å². The summed E-state index contributed by atoms with van der Waals surface area (Å²) in [5.41, 5.74) is 2.68. The van der Waals surface area contributed by atoms with Gasteiger partial charge in [-0.15, -0.1) is 0 Å². The molecule has 3 aliphatic rings. The lowest BCUT2D eigenvalue weighted by Crippen LogP contribution is -2.37. The highest BCUT2D eigenvalue weighted by Crippen LogP contribution is 2.43. The maximum Gasteiger partial charge on any atom is 0.168 e. The van der Waals surface area contributed by atoms with Gasteiger partial charge in [0.15, 0.2) is 5.17 Å². The summed E-state index contributed by atoms with van der Waals surface area (Å²) in [5.74, 6) is 0. The third-order valence-electron chi connectivity index (χ3n) is 4.11. The number of hydrogen-bond acceptors (Lipinski definition) is 3. The van der Waals surface area contributed by atoms with Crippen molar-refractivity contribution in [3.63, 3.8) is 0 Å². The van der Waals surface area contributed by atoms with Crippen molar-refractivity contribution < 1.29 is 0 Å². The largest absolute Gasteiger partial charge is 0.315 e. The summed E-state index contributed by atoms with van der Waals surface area (Å²) in [7, 11) is 0. The molecule has 0 spiro atoms. The van der Waals surface area contributed by atoms with Crippen molar-refractivity contribution in [1.82, 2.24) is 4.90 Å². The molecule has 2 heterocycles. The third-order valence-corrected chi connectivity index (χ3v) is 4.97. The molecule has 0 aromatic heterocycles. The molecule has 1 saturated carbocycles. The van der Waals surface area contributed by atoms with E-state index in [0.717, 1.165) is 0 Å². The molecule has 1 aromatic rings. The van der Waals surface area contributed by atoms with E-state index >= 15 is 0 Å². The van der Waals surface area contributed by atoms with E-state index in [2.05, 4.69) is 40.6 Å². The van der Waals surface area contributed by atoms with Crippen molar-refractivity contribution in [3.8, 4) is 0 Å². The second-order valence-corrected chi connectivity index (χ2v) is 6.02. The Bertz CT molecular complexity index is 521. The fraction of sp³-hybridized carbons (Fsp3) is 0.400. The lowest BCUT2D eigenvalue weighted by atomic mass is 9.90. The van der Waals surface area contributed by atoms with Crippen molar-refractivity contribution in [3.05, 3.63) is 41.3 Å². The van der Waals surface area contributed by atoms with E-state index in [1.54, 1.807) is 11.8 Å². The SMILES string of the molecule is C1=C(c2ccccc2)N2C(=N[C@@H]3CCCC[C@H]32)S1. The van der Waals surface area contributed by atoms with Crippen LogP contribution in [0.4, 0.5) is 0 Å². The normalized spacial score (nSPS) is 29.7. The Labute approximate surface area is 112 Å². The van der Waals surface area contributed by atoms with Gasteiger partial charge in [-0.2, -0.15) is 0 Å². The van der Waals surface area contributed by atoms with Crippen LogP contribution in [0.5, 0.6) is 0 Å². The first-order valence-corrected chi connectivity index (χ1v) is 7.61. The predicted molar refractivity (Wildman–Crippen MR) is 77.3 cm³/mol. The van der Waals surface area contributed by atoms with Crippen LogP contribution in [0.3, 0.4) is 0 Å². The van der Waals surface area contributed by atoms with Gasteiger partial charge >= 0.3 is 0 Å². The van der Waals surface area contributed by atoms with Crippen LogP contribution < -0.4 is 0 Å². The first-order chi connectivity index (χ1) is 8.93. The Morgan fingerprint density at radius 1 is 1.11 bits per heavy atom. The predicted octanol–water partition coefficient (Wildman–Crippen LogP) is 3.71. The molecule has 2 nitrogen and oxygen atoms in total. The molecular formula is C15H16N2S. The van der Waals surface area contributed by atoms with Gasteiger partial charge in [-0.05, 0) is 18.4 Å². The summed E-state index contributed by atoms with van der Waals surface area (Å²) in [6.45, 7) is 0. The summed E-state index contributed by atoms with van der Waals surface area (Å²) >= 11 is 1.80. The second kappa shape index (κ2) is 4.16. The second-order valence-electron chi connectivity index (χ2n) is 5.19. The minimum absolute atomic E-state index is 0.550. The molecule has 3 heteroatoms. The minimum Gasteiger partial charge on any atom is -0.315 e. The summed E-state index contributed by atoms with van der Waals surface area (Å²) in [6, 6.07) is 11.9. The fourth-order valence-electron chi connectivity index (χ4n) is 3.24. The van der Waals surface area contributed by atoms with E-state index in [4.69, 9.17) is 4.99 Å². The Morgan fingerprint density at radius 3 is 2.83 bits per heavy atom. The highest BCUT2D eigenvalue weighted by Gasteiger charge is 2.41. The Balaban J connectivity index is 1.70. The molecule has 0 radical (unpaired) electrons. The molecule has 0 N–H and O–H groups in total. The highest BCUT2D eigenvalue weighted by molar-refractivity contribution is 8.16. The van der Waals surface area contributed by atoms with Gasteiger partial charge in [-0.1, -0.05) is 54.9 Å². The van der Waals surface area contributed by atoms with Crippen LogP contribution >= 0.6 is 11.8 Å². The number of rotatable bonds is 1. The van der Waals surface area contributed by atoms with Crippen molar-refractivity contribution in [2.24, 2.45) is 4.99 Å². The molecule has 0 bridgehead atoms. The molecule has 1 fully saturated rings. The number of aliphatic imine (C=N–C) groups is 1. The van der Waals surface area contributed by atoms with Crippen LogP contribution in [0.1, 0.15) is 31.2 Å². The molecule has 92 valence electrons. The first-order valence-electron chi connectivity index (χ1n) is 6.73. The van der Waals surface area contributed by atoms with Gasteiger partial charge in [0.25, 0.3) is 0 Å². The molecule has 1 aromatic carbocycles. The van der Waals surface area contributed by atoms with Gasteiger partial charge in [-0.3, -0.25) is 4.99 Å². The average molecular weight is 256 g/mol. The van der Waals surface area contributed by atoms with Gasteiger partial charge in [0.05, 0.1) is 17.8 Å². The molecule has 4 rings (SSSR count). The maximum atomic E-state index is 4.90. The summed E-state index contributed by atoms with van der Waals surface area (Å²) in [4.78, 5) is 7.39. The van der Waals surface area contributed by atoms with Crippen molar-refractivity contribution in [2.45, 2.75) is 37.8 Å². The molecule has 0 unspecified atom stereocenters. The van der Waals surface area contributed by atoms with Crippen molar-refractivity contribution in [2.75, 3.05) is 0 Å². The van der Waals surface area contributed by atoms with Gasteiger partial charge in [0.2, 0.25) is 0 Å². The lowest BCUT2D eigenvalue weighted by Gasteiger charge is -2.32. The number of nitrogens with zero attached hydrogens (tertiary/aromatic N) is 2. The van der Waals surface area contributed by atoms with Gasteiger partial charge in [-0.25, -0.2) is 0 Å². The molecule has 0 saturated heterocycles. The minimum atomic E-state index is 0.550. The zero-order chi connectivity index (χ0) is 11.9. The Morgan fingerprint density at radius 2 is 1.94 bits per heavy atom. The fourth-order valence-corrected chi connectivity index (χ4v) is 4.25. The van der Waals surface area contributed by atoms with E-state index in [9.17, 15) is 0 Å². The molecular weight excluding hydrogens is 240 g/mol. The molecule has 0 amide bonds. The van der Waals surface area contributed by atoms with Gasteiger partial charge < -0.3 is 4.90 Å². The van der Waals surface area contributed by atoms with E-state index in [0.29, 0.717) is 12.1 Å². The number of amidine groups is 1. The van der Waals surface area contributed by atoms with Crippen LogP contribution in [0.15, 0.2) is 40.7 Å². The Hall–Kier alpha value is -1.22. The molecule has 1 aliphatic carbocycles. The standard InChI is InChI=1S/C15H16N2S/c1-2-6-11(7-3-1)14-10-18-15-16-12-8-4-5-9-13(12)17(14)15/h1-3,6-7,10,12-13H,4-5,8-9H2/t12-,13-/m1/s1. The first kappa shape index (κ1) is 10.7. The van der Waals surface area contributed by atoms with E-state index in [-0.39, 0.29) is 0 Å². The van der Waals surface area contributed by atoms with E-state index in [1.807, 2.05) is 0 Å². The summed E-state index contributed by atoms with van der Waals surface area (Å²) in [5, 5.41) is 3.49. The number of fused-ring (bicyclic) bond motifs is 3. The lowest BCUT2D eigenvalue weighted by molar-refractivity contribution is 0.305. The quantitative estimate of drug-likeness (QED) is 0.761. The monoisotopic (exact) mass is 256 g/mol. The van der Waals surface area contributed by atoms with Gasteiger partial charge in [0.1, 0.15) is 0 Å². The molecule has 2 aliphatic heterocycles. The number of hydrogen-bond donors (Lipinski definition) is 0. The number of benzene rings is 1. The van der Waals surface area contributed by atoms with Crippen LogP contribution in [-0.4, -0.2) is 22.2 Å². The van der Waals surface area contributed by atoms with Gasteiger partial charge in [0, 0.05) is 5.41 Å². The molecule has 18 heavy (non-hydrogen) atoms. The van der Waals surface area contributed by atoms with Crippen LogP contribution in [0.25, 0.3) is 5.70 Å². The molecule has 2 atom stereocenters. The Kier molecular flexibility index (Phi) is 2.47.